The Bertz CT molecular complexity index is 1220. The van der Waals surface area contributed by atoms with E-state index in [1.807, 2.05) is 30.5 Å². The monoisotopic (exact) mass is 396 g/mol. The zero-order valence-corrected chi connectivity index (χ0v) is 16.9. The fraction of sp³-hybridized carbons (Fsp3) is 0.308. The summed E-state index contributed by atoms with van der Waals surface area (Å²) in [4.78, 5) is 12.2. The van der Waals surface area contributed by atoms with Crippen LogP contribution in [0.2, 0.25) is 0 Å². The molecule has 0 saturated heterocycles. The molecule has 2 aliphatic rings. The van der Waals surface area contributed by atoms with Crippen LogP contribution in [0.4, 0.5) is 0 Å². The molecule has 1 aliphatic heterocycles. The Balaban J connectivity index is 1.88. The third kappa shape index (κ3) is 2.98. The number of Topliss-reactive ketones (excluding diaryl/α,β-unsaturated/α-hetero) is 1. The summed E-state index contributed by atoms with van der Waals surface area (Å²) in [5.41, 5.74) is 6.98. The predicted molar refractivity (Wildman–Crippen MR) is 118 cm³/mol. The van der Waals surface area contributed by atoms with Gasteiger partial charge in [0, 0.05) is 29.1 Å². The molecule has 3 aromatic rings. The molecule has 150 valence electrons. The number of rotatable bonds is 3. The van der Waals surface area contributed by atoms with E-state index in [1.165, 1.54) is 43.2 Å². The van der Waals surface area contributed by atoms with Crippen LogP contribution in [0.15, 0.2) is 48.0 Å². The SMILES string of the molecule is N#CC1=Cn2c(c(C3CCCCC3)c3ccc(C(=O)CO)cc32)-c2ccccc2C1. The standard InChI is InChI=1S/C26H24N2O2/c27-14-17-12-19-8-4-5-9-21(19)26-25(18-6-2-1-3-7-18)22-11-10-20(24(30)16-29)13-23(22)28(26)15-17/h4-5,8-11,13,15,18,29H,1-3,6-7,12,16H2. The maximum Gasteiger partial charge on any atom is 0.188 e. The van der Waals surface area contributed by atoms with Gasteiger partial charge in [0.1, 0.15) is 6.61 Å². The smallest absolute Gasteiger partial charge is 0.188 e. The van der Waals surface area contributed by atoms with Gasteiger partial charge < -0.3 is 9.67 Å². The van der Waals surface area contributed by atoms with Crippen molar-refractivity contribution in [2.45, 2.75) is 44.4 Å². The largest absolute Gasteiger partial charge is 0.388 e. The minimum absolute atomic E-state index is 0.287. The molecule has 2 aromatic carbocycles. The Morgan fingerprint density at radius 2 is 1.93 bits per heavy atom. The topological polar surface area (TPSA) is 66.0 Å². The predicted octanol–water partition coefficient (Wildman–Crippen LogP) is 5.45. The van der Waals surface area contributed by atoms with Crippen molar-refractivity contribution in [2.75, 3.05) is 6.61 Å². The van der Waals surface area contributed by atoms with Crippen LogP contribution in [0.3, 0.4) is 0 Å². The molecule has 0 unspecified atom stereocenters. The Labute approximate surface area is 176 Å². The van der Waals surface area contributed by atoms with Crippen LogP contribution in [0, 0.1) is 11.3 Å². The van der Waals surface area contributed by atoms with Crippen molar-refractivity contribution in [3.05, 3.63) is 64.7 Å². The van der Waals surface area contributed by atoms with Crippen LogP contribution in [0.25, 0.3) is 28.4 Å². The van der Waals surface area contributed by atoms with E-state index in [9.17, 15) is 15.2 Å². The van der Waals surface area contributed by atoms with Gasteiger partial charge in [0.25, 0.3) is 0 Å². The maximum absolute atomic E-state index is 12.2. The number of hydrogen-bond donors (Lipinski definition) is 1. The first-order valence-electron chi connectivity index (χ1n) is 10.7. The summed E-state index contributed by atoms with van der Waals surface area (Å²) in [6, 6.07) is 16.5. The average Bonchev–Trinajstić information content (AvgIpc) is 3.01. The number of aromatic nitrogens is 1. The van der Waals surface area contributed by atoms with Gasteiger partial charge in [-0.1, -0.05) is 55.7 Å². The molecule has 0 atom stereocenters. The Morgan fingerprint density at radius 3 is 2.70 bits per heavy atom. The molecule has 1 N–H and O–H groups in total. The molecule has 1 fully saturated rings. The summed E-state index contributed by atoms with van der Waals surface area (Å²) in [6.07, 6.45) is 8.64. The van der Waals surface area contributed by atoms with E-state index < -0.39 is 6.61 Å². The maximum atomic E-state index is 12.2. The first-order valence-corrected chi connectivity index (χ1v) is 10.7. The molecule has 4 heteroatoms. The number of hydrogen-bond acceptors (Lipinski definition) is 3. The van der Waals surface area contributed by atoms with Crippen molar-refractivity contribution in [3.63, 3.8) is 0 Å². The van der Waals surface area contributed by atoms with Gasteiger partial charge in [-0.05, 0) is 36.0 Å². The number of ketones is 1. The number of nitriles is 1. The van der Waals surface area contributed by atoms with E-state index in [0.717, 1.165) is 22.2 Å². The van der Waals surface area contributed by atoms with Gasteiger partial charge in [0.05, 0.1) is 22.9 Å². The Morgan fingerprint density at radius 1 is 1.13 bits per heavy atom. The van der Waals surface area contributed by atoms with Crippen LogP contribution in [0.5, 0.6) is 0 Å². The zero-order valence-electron chi connectivity index (χ0n) is 16.9. The van der Waals surface area contributed by atoms with Crippen LogP contribution in [-0.4, -0.2) is 22.1 Å². The normalized spacial score (nSPS) is 16.3. The van der Waals surface area contributed by atoms with E-state index in [-0.39, 0.29) is 5.78 Å². The molecule has 0 radical (unpaired) electrons. The summed E-state index contributed by atoms with van der Waals surface area (Å²) < 4.78 is 2.12. The highest BCUT2D eigenvalue weighted by Crippen LogP contribution is 2.46. The van der Waals surface area contributed by atoms with E-state index in [1.54, 1.807) is 0 Å². The number of benzene rings is 2. The molecule has 1 saturated carbocycles. The van der Waals surface area contributed by atoms with Gasteiger partial charge >= 0.3 is 0 Å². The highest BCUT2D eigenvalue weighted by molar-refractivity contribution is 6.03. The van der Waals surface area contributed by atoms with E-state index >= 15 is 0 Å². The van der Waals surface area contributed by atoms with Crippen LogP contribution in [-0.2, 0) is 6.42 Å². The molecule has 0 bridgehead atoms. The summed E-state index contributed by atoms with van der Waals surface area (Å²) in [7, 11) is 0. The van der Waals surface area contributed by atoms with Crippen molar-refractivity contribution < 1.29 is 9.90 Å². The lowest BCUT2D eigenvalue weighted by atomic mass is 9.81. The number of aliphatic hydroxyl groups excluding tert-OH is 1. The minimum atomic E-state index is -0.503. The van der Waals surface area contributed by atoms with Gasteiger partial charge in [-0.15, -0.1) is 0 Å². The molecule has 1 aliphatic carbocycles. The van der Waals surface area contributed by atoms with Crippen molar-refractivity contribution in [1.29, 1.82) is 5.26 Å². The molecule has 0 spiro atoms. The van der Waals surface area contributed by atoms with Gasteiger partial charge in [-0.3, -0.25) is 4.79 Å². The van der Waals surface area contributed by atoms with Crippen molar-refractivity contribution >= 4 is 22.9 Å². The second-order valence-corrected chi connectivity index (χ2v) is 8.38. The molecule has 4 nitrogen and oxygen atoms in total. The molecular weight excluding hydrogens is 372 g/mol. The third-order valence-electron chi connectivity index (χ3n) is 6.60. The first-order chi connectivity index (χ1) is 14.7. The number of aliphatic hydroxyl groups is 1. The van der Waals surface area contributed by atoms with Crippen molar-refractivity contribution in [1.82, 2.24) is 4.57 Å². The van der Waals surface area contributed by atoms with Gasteiger partial charge in [-0.25, -0.2) is 0 Å². The highest BCUT2D eigenvalue weighted by Gasteiger charge is 2.29. The van der Waals surface area contributed by atoms with Gasteiger partial charge in [0.15, 0.2) is 5.78 Å². The first kappa shape index (κ1) is 18.8. The lowest BCUT2D eigenvalue weighted by Gasteiger charge is -2.23. The number of carbonyl (C=O) groups excluding carboxylic acids is 1. The van der Waals surface area contributed by atoms with Crippen LogP contribution >= 0.6 is 0 Å². The minimum Gasteiger partial charge on any atom is -0.388 e. The van der Waals surface area contributed by atoms with E-state index in [2.05, 4.69) is 28.8 Å². The molecule has 0 amide bonds. The highest BCUT2D eigenvalue weighted by atomic mass is 16.3. The molecule has 1 aromatic heterocycles. The summed E-state index contributed by atoms with van der Waals surface area (Å²) in [5.74, 6) is 0.187. The fourth-order valence-electron chi connectivity index (χ4n) is 5.20. The van der Waals surface area contributed by atoms with E-state index in [0.29, 0.717) is 23.5 Å². The number of allylic oxidation sites excluding steroid dienone is 1. The lowest BCUT2D eigenvalue weighted by molar-refractivity contribution is 0.0904. The van der Waals surface area contributed by atoms with Crippen LogP contribution < -0.4 is 0 Å². The van der Waals surface area contributed by atoms with Gasteiger partial charge in [-0.2, -0.15) is 5.26 Å². The second kappa shape index (κ2) is 7.59. The Kier molecular flexibility index (Phi) is 4.77. The zero-order chi connectivity index (χ0) is 20.7. The van der Waals surface area contributed by atoms with Gasteiger partial charge in [0.2, 0.25) is 0 Å². The average molecular weight is 396 g/mol. The third-order valence-corrected chi connectivity index (χ3v) is 6.60. The van der Waals surface area contributed by atoms with E-state index in [4.69, 9.17) is 0 Å². The van der Waals surface area contributed by atoms with Crippen LogP contribution in [0.1, 0.15) is 59.5 Å². The fourth-order valence-corrected chi connectivity index (χ4v) is 5.20. The number of fused-ring (bicyclic) bond motifs is 5. The summed E-state index contributed by atoms with van der Waals surface area (Å²) in [6.45, 7) is -0.503. The number of nitrogens with zero attached hydrogens (tertiary/aromatic N) is 2. The summed E-state index contributed by atoms with van der Waals surface area (Å²) >= 11 is 0. The summed E-state index contributed by atoms with van der Waals surface area (Å²) in [5, 5.41) is 20.3. The van der Waals surface area contributed by atoms with Crippen molar-refractivity contribution in [3.8, 4) is 17.3 Å². The molecule has 2 heterocycles. The molecular formula is C26H24N2O2. The second-order valence-electron chi connectivity index (χ2n) is 8.38. The quantitative estimate of drug-likeness (QED) is 0.599. The Hall–Kier alpha value is -3.16. The number of carbonyl (C=O) groups is 1. The lowest BCUT2D eigenvalue weighted by Crippen LogP contribution is -2.06. The molecule has 5 rings (SSSR count). The molecule has 30 heavy (non-hydrogen) atoms. The van der Waals surface area contributed by atoms with Crippen molar-refractivity contribution in [2.24, 2.45) is 0 Å².